The highest BCUT2D eigenvalue weighted by Crippen LogP contribution is 2.46. The van der Waals surface area contributed by atoms with E-state index in [0.717, 1.165) is 25.5 Å². The second-order valence-electron chi connectivity index (χ2n) is 11.4. The van der Waals surface area contributed by atoms with Gasteiger partial charge in [-0.25, -0.2) is 9.59 Å². The molecule has 0 spiro atoms. The van der Waals surface area contributed by atoms with Crippen molar-refractivity contribution in [1.82, 2.24) is 15.5 Å². The minimum absolute atomic E-state index is 0.0940. The average molecular weight is 572 g/mol. The lowest BCUT2D eigenvalue weighted by Gasteiger charge is -2.30. The number of alkyl carbamates (subject to hydrolysis) is 1. The van der Waals surface area contributed by atoms with Gasteiger partial charge < -0.3 is 25.0 Å². The minimum Gasteiger partial charge on any atom is -0.464 e. The monoisotopic (exact) mass is 571 g/mol. The fourth-order valence-corrected chi connectivity index (χ4v) is 5.71. The molecule has 5 atom stereocenters. The molecule has 2 fully saturated rings. The van der Waals surface area contributed by atoms with Crippen LogP contribution in [0.25, 0.3) is 0 Å². The lowest BCUT2D eigenvalue weighted by molar-refractivity contribution is -0.150. The van der Waals surface area contributed by atoms with Gasteiger partial charge in [0.1, 0.15) is 23.2 Å². The van der Waals surface area contributed by atoms with Crippen LogP contribution in [0.2, 0.25) is 0 Å². The Balaban J connectivity index is 1.92. The van der Waals surface area contributed by atoms with Crippen molar-refractivity contribution in [3.8, 4) is 0 Å². The number of nitrogens with zero attached hydrogens (tertiary/aromatic N) is 1. The predicted octanol–water partition coefficient (Wildman–Crippen LogP) is 1.78. The Morgan fingerprint density at radius 2 is 1.92 bits per heavy atom. The number of esters is 1. The molecule has 0 radical (unpaired) electrons. The molecule has 0 aromatic heterocycles. The van der Waals surface area contributed by atoms with Crippen LogP contribution in [-0.2, 0) is 38.2 Å². The maximum absolute atomic E-state index is 13.8. The molecule has 2 heterocycles. The van der Waals surface area contributed by atoms with E-state index in [-0.39, 0.29) is 25.5 Å². The van der Waals surface area contributed by atoms with Gasteiger partial charge in [0.15, 0.2) is 0 Å². The first kappa shape index (κ1) is 30.9. The number of ether oxygens (including phenoxy) is 2. The van der Waals surface area contributed by atoms with Gasteiger partial charge >= 0.3 is 12.1 Å². The zero-order chi connectivity index (χ0) is 29.0. The van der Waals surface area contributed by atoms with Crippen molar-refractivity contribution in [3.63, 3.8) is 0 Å². The first-order valence-electron chi connectivity index (χ1n) is 13.5. The van der Waals surface area contributed by atoms with Gasteiger partial charge in [-0.15, -0.1) is 0 Å². The van der Waals surface area contributed by atoms with E-state index in [4.69, 9.17) is 13.7 Å². The largest absolute Gasteiger partial charge is 0.464 e. The third-order valence-electron chi connectivity index (χ3n) is 6.88. The van der Waals surface area contributed by atoms with E-state index in [1.165, 1.54) is 4.90 Å². The smallest absolute Gasteiger partial charge is 0.408 e. The van der Waals surface area contributed by atoms with Gasteiger partial charge in [0.2, 0.25) is 11.8 Å². The molecular formula is C26H41N3O9S. The third-order valence-corrected chi connectivity index (χ3v) is 7.50. The molecule has 2 N–H and O–H groups in total. The van der Waals surface area contributed by atoms with E-state index in [0.29, 0.717) is 19.3 Å². The molecule has 13 heteroatoms. The maximum Gasteiger partial charge on any atom is 0.408 e. The molecule has 3 aliphatic rings. The Bertz CT molecular complexity index is 1080. The number of hydrogen-bond donors (Lipinski definition) is 2. The Kier molecular flexibility index (Phi) is 9.69. The second-order valence-corrected chi connectivity index (χ2v) is 13.0. The second kappa shape index (κ2) is 12.2. The summed E-state index contributed by atoms with van der Waals surface area (Å²) in [5.41, 5.74) is -2.03. The Hall–Kier alpha value is -2.67. The Morgan fingerprint density at radius 3 is 2.56 bits per heavy atom. The first-order valence-corrected chi connectivity index (χ1v) is 15.3. The van der Waals surface area contributed by atoms with Gasteiger partial charge in [0.05, 0.1) is 19.0 Å². The molecule has 2 aliphatic heterocycles. The summed E-state index contributed by atoms with van der Waals surface area (Å²) in [5, 5.41) is 5.44. The SMILES string of the molecule is CCOC(=O)[C@@]12CC1/C=C\CCCCC[C@@H](NC(=O)OC(C)(C)C)C(=O)N1C[C@@H](OS(C)(=O)=O)C[C@H]1C(=O)N2. The van der Waals surface area contributed by atoms with E-state index in [1.807, 2.05) is 12.2 Å². The number of amides is 3. The molecule has 3 rings (SSSR count). The normalized spacial score (nSPS) is 31.1. The van der Waals surface area contributed by atoms with E-state index in [9.17, 15) is 27.6 Å². The van der Waals surface area contributed by atoms with Gasteiger partial charge in [-0.3, -0.25) is 13.8 Å². The molecule has 12 nitrogen and oxygen atoms in total. The molecular weight excluding hydrogens is 530 g/mol. The Morgan fingerprint density at radius 1 is 1.21 bits per heavy atom. The van der Waals surface area contributed by atoms with E-state index < -0.39 is 63.3 Å². The number of carbonyl (C=O) groups excluding carboxylic acids is 4. The molecule has 0 bridgehead atoms. The van der Waals surface area contributed by atoms with Crippen LogP contribution < -0.4 is 10.6 Å². The number of rotatable bonds is 5. The summed E-state index contributed by atoms with van der Waals surface area (Å²) in [4.78, 5) is 54.1. The molecule has 220 valence electrons. The van der Waals surface area contributed by atoms with Gasteiger partial charge in [0.25, 0.3) is 10.1 Å². The van der Waals surface area contributed by atoms with E-state index in [1.54, 1.807) is 27.7 Å². The highest BCUT2D eigenvalue weighted by Gasteiger charge is 2.62. The predicted molar refractivity (Wildman–Crippen MR) is 141 cm³/mol. The van der Waals surface area contributed by atoms with Crippen LogP contribution in [0.15, 0.2) is 12.2 Å². The van der Waals surface area contributed by atoms with Crippen molar-refractivity contribution in [3.05, 3.63) is 12.2 Å². The number of hydrogen-bond acceptors (Lipinski definition) is 9. The molecule has 0 aromatic carbocycles. The molecule has 3 amide bonds. The van der Waals surface area contributed by atoms with Crippen LogP contribution >= 0.6 is 0 Å². The Labute approximate surface area is 230 Å². The van der Waals surface area contributed by atoms with Crippen molar-refractivity contribution >= 4 is 34.0 Å². The van der Waals surface area contributed by atoms with Crippen molar-refractivity contribution in [1.29, 1.82) is 0 Å². The van der Waals surface area contributed by atoms with E-state index in [2.05, 4.69) is 10.6 Å². The number of allylic oxidation sites excluding steroid dienone is 1. The lowest BCUT2D eigenvalue weighted by atomic mass is 10.0. The first-order chi connectivity index (χ1) is 18.1. The summed E-state index contributed by atoms with van der Waals surface area (Å²) in [6.07, 6.45) is 6.66. The van der Waals surface area contributed by atoms with E-state index >= 15 is 0 Å². The summed E-state index contributed by atoms with van der Waals surface area (Å²) < 4.78 is 39.4. The lowest BCUT2D eigenvalue weighted by Crippen LogP contribution is -2.56. The fourth-order valence-electron chi connectivity index (χ4n) is 5.07. The van der Waals surface area contributed by atoms with Crippen LogP contribution in [0, 0.1) is 5.92 Å². The molecule has 39 heavy (non-hydrogen) atoms. The zero-order valence-corrected chi connectivity index (χ0v) is 24.2. The molecule has 0 aromatic rings. The summed E-state index contributed by atoms with van der Waals surface area (Å²) in [5.74, 6) is -1.97. The van der Waals surface area contributed by atoms with Gasteiger partial charge in [-0.1, -0.05) is 25.0 Å². The van der Waals surface area contributed by atoms with Crippen molar-refractivity contribution in [2.45, 2.75) is 102 Å². The summed E-state index contributed by atoms with van der Waals surface area (Å²) in [7, 11) is -3.87. The zero-order valence-electron chi connectivity index (χ0n) is 23.4. The summed E-state index contributed by atoms with van der Waals surface area (Å²) in [6, 6.07) is -2.12. The van der Waals surface area contributed by atoms with Crippen molar-refractivity contribution in [2.75, 3.05) is 19.4 Å². The van der Waals surface area contributed by atoms with Gasteiger partial charge in [-0.2, -0.15) is 8.42 Å². The topological polar surface area (TPSA) is 157 Å². The highest BCUT2D eigenvalue weighted by molar-refractivity contribution is 7.86. The van der Waals surface area contributed by atoms with Gasteiger partial charge in [0, 0.05) is 18.9 Å². The van der Waals surface area contributed by atoms with Crippen LogP contribution in [-0.4, -0.2) is 85.9 Å². The highest BCUT2D eigenvalue weighted by atomic mass is 32.2. The third kappa shape index (κ3) is 8.41. The van der Waals surface area contributed by atoms with Crippen LogP contribution in [0.3, 0.4) is 0 Å². The van der Waals surface area contributed by atoms with Crippen molar-refractivity contribution in [2.24, 2.45) is 5.92 Å². The molecule has 1 unspecified atom stereocenters. The standard InChI is InChI=1S/C26H41N3O9S/c1-6-36-23(32)26-15-17(26)12-10-8-7-9-11-13-19(27-24(33)37-25(2,3)4)22(31)29-16-18(38-39(5,34)35)14-20(29)21(30)28-26/h10,12,17-20H,6-9,11,13-16H2,1-5H3,(H,27,33)(H,28,30)/b12-10-/t17?,18-,19+,20-,26+/m0/s1. The molecule has 1 aliphatic carbocycles. The maximum atomic E-state index is 13.8. The average Bonchev–Trinajstić information content (AvgIpc) is 3.33. The van der Waals surface area contributed by atoms with Crippen molar-refractivity contribution < 1.29 is 41.3 Å². The summed E-state index contributed by atoms with van der Waals surface area (Å²) >= 11 is 0. The molecule has 1 saturated carbocycles. The number of carbonyl (C=O) groups is 4. The molecule has 1 saturated heterocycles. The van der Waals surface area contributed by atoms with Crippen LogP contribution in [0.5, 0.6) is 0 Å². The van der Waals surface area contributed by atoms with Crippen LogP contribution in [0.1, 0.15) is 72.6 Å². The fraction of sp³-hybridized carbons (Fsp3) is 0.769. The van der Waals surface area contributed by atoms with Gasteiger partial charge in [-0.05, 0) is 53.4 Å². The summed E-state index contributed by atoms with van der Waals surface area (Å²) in [6.45, 7) is 6.76. The van der Waals surface area contributed by atoms with Crippen LogP contribution in [0.4, 0.5) is 4.79 Å². The number of fused-ring (bicyclic) bond motifs is 2. The minimum atomic E-state index is -3.87. The number of nitrogens with one attached hydrogen (secondary N) is 2. The quantitative estimate of drug-likeness (QED) is 0.285.